The van der Waals surface area contributed by atoms with E-state index >= 15 is 0 Å². The summed E-state index contributed by atoms with van der Waals surface area (Å²) in [5.74, 6) is -2.05. The summed E-state index contributed by atoms with van der Waals surface area (Å²) in [7, 11) is -4.65. The summed E-state index contributed by atoms with van der Waals surface area (Å²) < 4.78 is 48.9. The van der Waals surface area contributed by atoms with Gasteiger partial charge in [0, 0.05) is 11.1 Å². The van der Waals surface area contributed by atoms with Gasteiger partial charge in [0.15, 0.2) is 5.82 Å². The second kappa shape index (κ2) is 4.87. The van der Waals surface area contributed by atoms with Gasteiger partial charge in [-0.3, -0.25) is 4.55 Å². The van der Waals surface area contributed by atoms with E-state index in [2.05, 4.69) is 6.58 Å². The fourth-order valence-electron chi connectivity index (χ4n) is 1.14. The Morgan fingerprint density at radius 2 is 2.00 bits per heavy atom. The summed E-state index contributed by atoms with van der Waals surface area (Å²) >= 11 is 0. The summed E-state index contributed by atoms with van der Waals surface area (Å²) in [6, 6.07) is 1.90. The first-order chi connectivity index (χ1) is 8.14. The second-order valence-corrected chi connectivity index (χ2v) is 5.04. The largest absolute Gasteiger partial charge is 0.423 e. The third-order valence-electron chi connectivity index (χ3n) is 2.13. The van der Waals surface area contributed by atoms with Gasteiger partial charge < -0.3 is 4.74 Å². The Balaban J connectivity index is 3.25. The van der Waals surface area contributed by atoms with Crippen LogP contribution in [0.1, 0.15) is 12.5 Å². The lowest BCUT2D eigenvalue weighted by Crippen LogP contribution is -2.11. The topological polar surface area (TPSA) is 80.7 Å². The molecule has 0 spiro atoms. The van der Waals surface area contributed by atoms with Crippen LogP contribution in [0.4, 0.5) is 4.39 Å². The SMILES string of the molecule is C=C(C)C(=O)Oc1ccc(S(=O)(=O)O)c(F)c1C. The molecule has 1 rings (SSSR count). The monoisotopic (exact) mass is 274 g/mol. The van der Waals surface area contributed by atoms with Crippen molar-refractivity contribution in [1.82, 2.24) is 0 Å². The van der Waals surface area contributed by atoms with Gasteiger partial charge in [-0.05, 0) is 26.0 Å². The number of halogens is 1. The van der Waals surface area contributed by atoms with Gasteiger partial charge in [-0.1, -0.05) is 6.58 Å². The van der Waals surface area contributed by atoms with Gasteiger partial charge in [0.2, 0.25) is 0 Å². The minimum absolute atomic E-state index is 0.119. The standard InChI is InChI=1S/C11H11FO5S/c1-6(2)11(13)17-8-4-5-9(18(14,15)16)10(12)7(8)3/h4-5H,1H2,2-3H3,(H,14,15,16). The molecule has 0 saturated heterocycles. The molecular weight excluding hydrogens is 263 g/mol. The molecule has 0 aliphatic rings. The second-order valence-electron chi connectivity index (χ2n) is 3.65. The third kappa shape index (κ3) is 2.93. The molecule has 7 heteroatoms. The molecule has 0 aliphatic carbocycles. The van der Waals surface area contributed by atoms with Gasteiger partial charge >= 0.3 is 5.97 Å². The Hall–Kier alpha value is -1.73. The molecule has 0 radical (unpaired) electrons. The minimum Gasteiger partial charge on any atom is -0.423 e. The van der Waals surface area contributed by atoms with Crippen molar-refractivity contribution in [3.05, 3.63) is 35.7 Å². The van der Waals surface area contributed by atoms with E-state index in [1.807, 2.05) is 0 Å². The van der Waals surface area contributed by atoms with Gasteiger partial charge in [-0.25, -0.2) is 9.18 Å². The zero-order valence-electron chi connectivity index (χ0n) is 9.73. The van der Waals surface area contributed by atoms with E-state index in [0.717, 1.165) is 12.1 Å². The van der Waals surface area contributed by atoms with Crippen LogP contribution in [0.25, 0.3) is 0 Å². The number of hydrogen-bond donors (Lipinski definition) is 1. The summed E-state index contributed by atoms with van der Waals surface area (Å²) in [5.41, 5.74) is -0.0756. The molecule has 0 atom stereocenters. The number of rotatable bonds is 3. The fourth-order valence-corrected chi connectivity index (χ4v) is 1.76. The first-order valence-electron chi connectivity index (χ1n) is 4.79. The summed E-state index contributed by atoms with van der Waals surface area (Å²) in [4.78, 5) is 10.4. The number of carbonyl (C=O) groups excluding carboxylic acids is 1. The van der Waals surface area contributed by atoms with E-state index in [-0.39, 0.29) is 16.9 Å². The van der Waals surface area contributed by atoms with Gasteiger partial charge in [-0.15, -0.1) is 0 Å². The molecule has 0 bridgehead atoms. The molecule has 5 nitrogen and oxygen atoms in total. The van der Waals surface area contributed by atoms with Gasteiger partial charge in [0.05, 0.1) is 0 Å². The smallest absolute Gasteiger partial charge is 0.338 e. The van der Waals surface area contributed by atoms with E-state index in [1.54, 1.807) is 0 Å². The molecule has 1 N–H and O–H groups in total. The average Bonchev–Trinajstić information content (AvgIpc) is 2.22. The van der Waals surface area contributed by atoms with Crippen LogP contribution in [-0.4, -0.2) is 18.9 Å². The number of carbonyl (C=O) groups is 1. The van der Waals surface area contributed by atoms with Gasteiger partial charge in [0.1, 0.15) is 10.6 Å². The Morgan fingerprint density at radius 1 is 1.44 bits per heavy atom. The minimum atomic E-state index is -4.65. The van der Waals surface area contributed by atoms with Crippen molar-refractivity contribution < 1.29 is 26.9 Å². The maximum Gasteiger partial charge on any atom is 0.338 e. The number of hydrogen-bond acceptors (Lipinski definition) is 4. The van der Waals surface area contributed by atoms with Gasteiger partial charge in [0.25, 0.3) is 10.1 Å². The van der Waals surface area contributed by atoms with Crippen LogP contribution in [0.3, 0.4) is 0 Å². The first-order valence-corrected chi connectivity index (χ1v) is 6.23. The highest BCUT2D eigenvalue weighted by Crippen LogP contribution is 2.26. The van der Waals surface area contributed by atoms with Crippen molar-refractivity contribution >= 4 is 16.1 Å². The Kier molecular flexibility index (Phi) is 3.88. The third-order valence-corrected chi connectivity index (χ3v) is 3.00. The van der Waals surface area contributed by atoms with Crippen molar-refractivity contribution in [3.8, 4) is 5.75 Å². The van der Waals surface area contributed by atoms with Crippen molar-refractivity contribution in [2.45, 2.75) is 18.7 Å². The zero-order valence-corrected chi connectivity index (χ0v) is 10.5. The molecule has 0 unspecified atom stereocenters. The maximum absolute atomic E-state index is 13.7. The Morgan fingerprint density at radius 3 is 2.44 bits per heavy atom. The zero-order chi connectivity index (χ0) is 14.1. The van der Waals surface area contributed by atoms with Crippen LogP contribution in [-0.2, 0) is 14.9 Å². The number of ether oxygens (including phenoxy) is 1. The normalized spacial score (nSPS) is 11.1. The lowest BCUT2D eigenvalue weighted by Gasteiger charge is -2.09. The van der Waals surface area contributed by atoms with Crippen LogP contribution >= 0.6 is 0 Å². The molecule has 0 fully saturated rings. The average molecular weight is 274 g/mol. The van der Waals surface area contributed by atoms with Crippen LogP contribution in [0.5, 0.6) is 5.75 Å². The highest BCUT2D eigenvalue weighted by molar-refractivity contribution is 7.85. The van der Waals surface area contributed by atoms with E-state index in [1.165, 1.54) is 13.8 Å². The maximum atomic E-state index is 13.7. The quantitative estimate of drug-likeness (QED) is 0.394. The lowest BCUT2D eigenvalue weighted by atomic mass is 10.2. The molecule has 1 aromatic carbocycles. The van der Waals surface area contributed by atoms with Crippen LogP contribution in [0.2, 0.25) is 0 Å². The Labute approximate surface area is 104 Å². The molecular formula is C11H11FO5S. The van der Waals surface area contributed by atoms with Crippen molar-refractivity contribution in [2.75, 3.05) is 0 Å². The molecule has 0 heterocycles. The molecule has 0 amide bonds. The molecule has 98 valence electrons. The van der Waals surface area contributed by atoms with E-state index < -0.39 is 26.8 Å². The molecule has 0 aliphatic heterocycles. The van der Waals surface area contributed by atoms with Gasteiger partial charge in [-0.2, -0.15) is 8.42 Å². The van der Waals surface area contributed by atoms with Crippen molar-refractivity contribution in [1.29, 1.82) is 0 Å². The van der Waals surface area contributed by atoms with Crippen molar-refractivity contribution in [3.63, 3.8) is 0 Å². The number of esters is 1. The van der Waals surface area contributed by atoms with Crippen LogP contribution < -0.4 is 4.74 Å². The highest BCUT2D eigenvalue weighted by atomic mass is 32.2. The molecule has 1 aromatic rings. The van der Waals surface area contributed by atoms with Crippen molar-refractivity contribution in [2.24, 2.45) is 0 Å². The summed E-state index contributed by atoms with van der Waals surface area (Å²) in [6.45, 7) is 6.00. The lowest BCUT2D eigenvalue weighted by molar-refractivity contribution is -0.130. The van der Waals surface area contributed by atoms with Crippen LogP contribution in [0.15, 0.2) is 29.2 Å². The molecule has 0 aromatic heterocycles. The molecule has 18 heavy (non-hydrogen) atoms. The van der Waals surface area contributed by atoms with Crippen LogP contribution in [0, 0.1) is 12.7 Å². The van der Waals surface area contributed by atoms with E-state index in [0.29, 0.717) is 0 Å². The highest BCUT2D eigenvalue weighted by Gasteiger charge is 2.21. The summed E-state index contributed by atoms with van der Waals surface area (Å²) in [5, 5.41) is 0. The van der Waals surface area contributed by atoms with E-state index in [4.69, 9.17) is 9.29 Å². The molecule has 0 saturated carbocycles. The summed E-state index contributed by atoms with van der Waals surface area (Å²) in [6.07, 6.45) is 0. The fraction of sp³-hybridized carbons (Fsp3) is 0.182. The van der Waals surface area contributed by atoms with E-state index in [9.17, 15) is 17.6 Å². The Bertz CT molecular complexity index is 619. The number of benzene rings is 1. The predicted molar refractivity (Wildman–Crippen MR) is 61.4 cm³/mol. The predicted octanol–water partition coefficient (Wildman–Crippen LogP) is 1.86. The first kappa shape index (κ1) is 14.3.